The zero-order valence-corrected chi connectivity index (χ0v) is 10.6. The van der Waals surface area contributed by atoms with Crippen molar-refractivity contribution >= 4 is 5.97 Å². The number of rotatable bonds is 4. The number of morpholine rings is 1. The fourth-order valence-electron chi connectivity index (χ4n) is 2.32. The molecule has 2 rings (SSSR count). The molecule has 98 valence electrons. The molecule has 18 heavy (non-hydrogen) atoms. The van der Waals surface area contributed by atoms with Crippen LogP contribution in [0.3, 0.4) is 0 Å². The first-order valence-electron chi connectivity index (χ1n) is 6.27. The number of carbonyl (C=O) groups is 1. The second kappa shape index (κ2) is 5.98. The van der Waals surface area contributed by atoms with Gasteiger partial charge >= 0.3 is 5.97 Å². The lowest BCUT2D eigenvalue weighted by molar-refractivity contribution is -0.136. The SMILES string of the molecule is CC1CN(Cc2ccccc2CC(=O)O)CCO1. The maximum Gasteiger partial charge on any atom is 0.307 e. The van der Waals surface area contributed by atoms with Gasteiger partial charge in [-0.25, -0.2) is 0 Å². The highest BCUT2D eigenvalue weighted by Crippen LogP contribution is 2.15. The zero-order chi connectivity index (χ0) is 13.0. The summed E-state index contributed by atoms with van der Waals surface area (Å²) in [6, 6.07) is 7.76. The minimum atomic E-state index is -0.780. The summed E-state index contributed by atoms with van der Waals surface area (Å²) in [5, 5.41) is 8.91. The van der Waals surface area contributed by atoms with Gasteiger partial charge in [0.15, 0.2) is 0 Å². The molecule has 0 aliphatic carbocycles. The lowest BCUT2D eigenvalue weighted by atomic mass is 10.0. The number of aliphatic carboxylic acids is 1. The van der Waals surface area contributed by atoms with E-state index in [4.69, 9.17) is 9.84 Å². The van der Waals surface area contributed by atoms with E-state index < -0.39 is 5.97 Å². The minimum absolute atomic E-state index is 0.0933. The van der Waals surface area contributed by atoms with Crippen molar-refractivity contribution in [3.05, 3.63) is 35.4 Å². The first-order chi connectivity index (χ1) is 8.65. The molecule has 0 radical (unpaired) electrons. The number of carboxylic acid groups (broad SMARTS) is 1. The molecule has 1 aromatic rings. The fraction of sp³-hybridized carbons (Fsp3) is 0.500. The van der Waals surface area contributed by atoms with E-state index in [-0.39, 0.29) is 12.5 Å². The van der Waals surface area contributed by atoms with Gasteiger partial charge in [-0.1, -0.05) is 24.3 Å². The molecule has 1 atom stereocenters. The van der Waals surface area contributed by atoms with Crippen molar-refractivity contribution in [2.45, 2.75) is 26.0 Å². The highest BCUT2D eigenvalue weighted by Gasteiger charge is 2.17. The van der Waals surface area contributed by atoms with Crippen molar-refractivity contribution in [2.75, 3.05) is 19.7 Å². The maximum atomic E-state index is 10.8. The Bertz CT molecular complexity index is 419. The van der Waals surface area contributed by atoms with Crippen molar-refractivity contribution in [1.82, 2.24) is 4.90 Å². The first-order valence-corrected chi connectivity index (χ1v) is 6.27. The number of hydrogen-bond acceptors (Lipinski definition) is 3. The average Bonchev–Trinajstić information content (AvgIpc) is 2.31. The Kier molecular flexibility index (Phi) is 4.33. The van der Waals surface area contributed by atoms with Crippen molar-refractivity contribution in [1.29, 1.82) is 0 Å². The van der Waals surface area contributed by atoms with Crippen molar-refractivity contribution < 1.29 is 14.6 Å². The lowest BCUT2D eigenvalue weighted by Gasteiger charge is -2.31. The molecule has 0 saturated carbocycles. The largest absolute Gasteiger partial charge is 0.481 e. The minimum Gasteiger partial charge on any atom is -0.481 e. The Labute approximate surface area is 107 Å². The second-order valence-electron chi connectivity index (χ2n) is 4.76. The van der Waals surface area contributed by atoms with E-state index in [1.807, 2.05) is 24.3 Å². The molecule has 4 heteroatoms. The van der Waals surface area contributed by atoms with Crippen LogP contribution >= 0.6 is 0 Å². The van der Waals surface area contributed by atoms with Gasteiger partial charge in [-0.05, 0) is 18.1 Å². The van der Waals surface area contributed by atoms with Crippen molar-refractivity contribution in [2.24, 2.45) is 0 Å². The zero-order valence-electron chi connectivity index (χ0n) is 10.6. The van der Waals surface area contributed by atoms with Crippen molar-refractivity contribution in [3.8, 4) is 0 Å². The van der Waals surface area contributed by atoms with Crippen LogP contribution in [0, 0.1) is 0 Å². The summed E-state index contributed by atoms with van der Waals surface area (Å²) in [6.07, 6.45) is 0.348. The van der Waals surface area contributed by atoms with Crippen LogP contribution in [-0.2, 0) is 22.5 Å². The number of carboxylic acids is 1. The van der Waals surface area contributed by atoms with Gasteiger partial charge in [0.1, 0.15) is 0 Å². The van der Waals surface area contributed by atoms with E-state index >= 15 is 0 Å². The number of ether oxygens (including phenoxy) is 1. The molecule has 4 nitrogen and oxygen atoms in total. The van der Waals surface area contributed by atoms with E-state index in [1.54, 1.807) is 0 Å². The van der Waals surface area contributed by atoms with E-state index in [1.165, 1.54) is 0 Å². The monoisotopic (exact) mass is 249 g/mol. The van der Waals surface area contributed by atoms with Crippen LogP contribution in [-0.4, -0.2) is 41.8 Å². The van der Waals surface area contributed by atoms with Gasteiger partial charge < -0.3 is 9.84 Å². The van der Waals surface area contributed by atoms with Gasteiger partial charge in [0.2, 0.25) is 0 Å². The average molecular weight is 249 g/mol. The lowest BCUT2D eigenvalue weighted by Crippen LogP contribution is -2.40. The van der Waals surface area contributed by atoms with E-state index in [0.29, 0.717) is 0 Å². The predicted molar refractivity (Wildman–Crippen MR) is 68.5 cm³/mol. The Morgan fingerprint density at radius 1 is 1.44 bits per heavy atom. The molecule has 1 aliphatic heterocycles. The molecule has 1 fully saturated rings. The van der Waals surface area contributed by atoms with Gasteiger partial charge in [-0.2, -0.15) is 0 Å². The summed E-state index contributed by atoms with van der Waals surface area (Å²) in [6.45, 7) is 5.43. The third-order valence-electron chi connectivity index (χ3n) is 3.18. The number of nitrogens with zero attached hydrogens (tertiary/aromatic N) is 1. The summed E-state index contributed by atoms with van der Waals surface area (Å²) >= 11 is 0. The molecule has 0 bridgehead atoms. The third kappa shape index (κ3) is 3.55. The normalized spacial score (nSPS) is 20.8. The van der Waals surface area contributed by atoms with Crippen LogP contribution in [0.15, 0.2) is 24.3 Å². The van der Waals surface area contributed by atoms with E-state index in [2.05, 4.69) is 11.8 Å². The van der Waals surface area contributed by atoms with Crippen LogP contribution < -0.4 is 0 Å². The molecule has 1 unspecified atom stereocenters. The maximum absolute atomic E-state index is 10.8. The highest BCUT2D eigenvalue weighted by molar-refractivity contribution is 5.70. The molecule has 1 saturated heterocycles. The van der Waals surface area contributed by atoms with Crippen LogP contribution in [0.4, 0.5) is 0 Å². The summed E-state index contributed by atoms with van der Waals surface area (Å²) in [5.74, 6) is -0.780. The molecule has 0 spiro atoms. The van der Waals surface area contributed by atoms with Gasteiger partial charge in [0.25, 0.3) is 0 Å². The van der Waals surface area contributed by atoms with Crippen molar-refractivity contribution in [3.63, 3.8) is 0 Å². The quantitative estimate of drug-likeness (QED) is 0.879. The summed E-state index contributed by atoms with van der Waals surface area (Å²) in [7, 11) is 0. The second-order valence-corrected chi connectivity index (χ2v) is 4.76. The highest BCUT2D eigenvalue weighted by atomic mass is 16.5. The molecule has 0 amide bonds. The van der Waals surface area contributed by atoms with Gasteiger partial charge in [-0.3, -0.25) is 9.69 Å². The van der Waals surface area contributed by atoms with Gasteiger partial charge in [-0.15, -0.1) is 0 Å². The van der Waals surface area contributed by atoms with Crippen LogP contribution in [0.2, 0.25) is 0 Å². The molecule has 1 aromatic carbocycles. The Morgan fingerprint density at radius 2 is 2.17 bits per heavy atom. The topological polar surface area (TPSA) is 49.8 Å². The smallest absolute Gasteiger partial charge is 0.307 e. The first kappa shape index (κ1) is 13.1. The van der Waals surface area contributed by atoms with Crippen LogP contribution in [0.5, 0.6) is 0 Å². The molecule has 1 N–H and O–H groups in total. The van der Waals surface area contributed by atoms with Crippen LogP contribution in [0.25, 0.3) is 0 Å². The molecular formula is C14H19NO3. The Balaban J connectivity index is 2.05. The van der Waals surface area contributed by atoms with E-state index in [9.17, 15) is 4.79 Å². The van der Waals surface area contributed by atoms with Gasteiger partial charge in [0.05, 0.1) is 19.1 Å². The summed E-state index contributed by atoms with van der Waals surface area (Å²) < 4.78 is 5.50. The molecule has 0 aromatic heterocycles. The number of benzene rings is 1. The van der Waals surface area contributed by atoms with E-state index in [0.717, 1.165) is 37.4 Å². The molecule has 1 aliphatic rings. The summed E-state index contributed by atoms with van der Waals surface area (Å²) in [4.78, 5) is 13.1. The Morgan fingerprint density at radius 3 is 2.83 bits per heavy atom. The standard InChI is InChI=1S/C14H19NO3/c1-11-9-15(6-7-18-11)10-13-5-3-2-4-12(13)8-14(16)17/h2-5,11H,6-10H2,1H3,(H,16,17). The molecular weight excluding hydrogens is 230 g/mol. The predicted octanol–water partition coefficient (Wildman–Crippen LogP) is 1.53. The van der Waals surface area contributed by atoms with Crippen LogP contribution in [0.1, 0.15) is 18.1 Å². The Hall–Kier alpha value is -1.39. The summed E-state index contributed by atoms with van der Waals surface area (Å²) in [5.41, 5.74) is 2.01. The fourth-order valence-corrected chi connectivity index (χ4v) is 2.32. The number of hydrogen-bond donors (Lipinski definition) is 1. The third-order valence-corrected chi connectivity index (χ3v) is 3.18. The molecule has 1 heterocycles. The van der Waals surface area contributed by atoms with Gasteiger partial charge in [0, 0.05) is 19.6 Å².